The van der Waals surface area contributed by atoms with Gasteiger partial charge in [-0.1, -0.05) is 0 Å². The predicted molar refractivity (Wildman–Crippen MR) is 55.3 cm³/mol. The lowest BCUT2D eigenvalue weighted by Crippen LogP contribution is -2.25. The Morgan fingerprint density at radius 2 is 2.07 bits per heavy atom. The highest BCUT2D eigenvalue weighted by atomic mass is 16.5. The molecule has 3 nitrogen and oxygen atoms in total. The summed E-state index contributed by atoms with van der Waals surface area (Å²) in [7, 11) is 1.72. The van der Waals surface area contributed by atoms with Gasteiger partial charge in [0.15, 0.2) is 0 Å². The Morgan fingerprint density at radius 1 is 1.36 bits per heavy atom. The summed E-state index contributed by atoms with van der Waals surface area (Å²) in [6, 6.07) is 0. The van der Waals surface area contributed by atoms with Crippen molar-refractivity contribution in [3.63, 3.8) is 0 Å². The lowest BCUT2D eigenvalue weighted by molar-refractivity contribution is -0.0272. The molecule has 84 valence electrons. The highest BCUT2D eigenvalue weighted by molar-refractivity contribution is 4.75. The Hall–Kier alpha value is -0.120. The third kappa shape index (κ3) is 3.95. The van der Waals surface area contributed by atoms with E-state index in [9.17, 15) is 5.11 Å². The average Bonchev–Trinajstić information content (AvgIpc) is 2.51. The van der Waals surface area contributed by atoms with Gasteiger partial charge in [0.1, 0.15) is 0 Å². The molecule has 0 aliphatic heterocycles. The van der Waals surface area contributed by atoms with Crippen molar-refractivity contribution >= 4 is 0 Å². The zero-order valence-corrected chi connectivity index (χ0v) is 9.45. The van der Waals surface area contributed by atoms with E-state index < -0.39 is 0 Å². The van der Waals surface area contributed by atoms with Crippen molar-refractivity contribution < 1.29 is 14.6 Å². The monoisotopic (exact) mass is 202 g/mol. The van der Waals surface area contributed by atoms with Gasteiger partial charge < -0.3 is 14.6 Å². The van der Waals surface area contributed by atoms with Crippen LogP contribution in [0, 0.1) is 0 Å². The van der Waals surface area contributed by atoms with Crippen LogP contribution in [0.3, 0.4) is 0 Å². The molecular weight excluding hydrogens is 180 g/mol. The summed E-state index contributed by atoms with van der Waals surface area (Å²) in [6.45, 7) is 4.83. The van der Waals surface area contributed by atoms with E-state index >= 15 is 0 Å². The summed E-state index contributed by atoms with van der Waals surface area (Å²) >= 11 is 0. The molecule has 2 atom stereocenters. The number of aliphatic hydroxyl groups excluding tert-OH is 1. The standard InChI is InChI=1S/C11H22O3/c1-11(2,13-3)6-7-14-10-5-4-9(12)8-10/h9-10,12H,4-8H2,1-3H3. The van der Waals surface area contributed by atoms with Crippen LogP contribution in [0.1, 0.15) is 39.5 Å². The molecule has 1 N–H and O–H groups in total. The van der Waals surface area contributed by atoms with Crippen LogP contribution in [-0.4, -0.2) is 36.6 Å². The van der Waals surface area contributed by atoms with Crippen LogP contribution in [0.4, 0.5) is 0 Å². The number of hydrogen-bond donors (Lipinski definition) is 1. The van der Waals surface area contributed by atoms with Crippen LogP contribution in [0.25, 0.3) is 0 Å². The third-order valence-electron chi connectivity index (χ3n) is 2.97. The number of hydrogen-bond acceptors (Lipinski definition) is 3. The average molecular weight is 202 g/mol. The van der Waals surface area contributed by atoms with Crippen molar-refractivity contribution in [3.8, 4) is 0 Å². The molecule has 1 fully saturated rings. The highest BCUT2D eigenvalue weighted by Crippen LogP contribution is 2.22. The Morgan fingerprint density at radius 3 is 2.57 bits per heavy atom. The van der Waals surface area contributed by atoms with E-state index in [0.717, 1.165) is 32.3 Å². The summed E-state index contributed by atoms with van der Waals surface area (Å²) < 4.78 is 11.0. The van der Waals surface area contributed by atoms with Crippen molar-refractivity contribution in [1.82, 2.24) is 0 Å². The van der Waals surface area contributed by atoms with Crippen LogP contribution < -0.4 is 0 Å². The summed E-state index contributed by atoms with van der Waals surface area (Å²) in [4.78, 5) is 0. The van der Waals surface area contributed by atoms with E-state index in [-0.39, 0.29) is 17.8 Å². The first-order valence-electron chi connectivity index (χ1n) is 5.38. The highest BCUT2D eigenvalue weighted by Gasteiger charge is 2.24. The van der Waals surface area contributed by atoms with Crippen molar-refractivity contribution in [2.24, 2.45) is 0 Å². The van der Waals surface area contributed by atoms with Gasteiger partial charge in [-0.15, -0.1) is 0 Å². The molecule has 0 bridgehead atoms. The Kier molecular flexibility index (Phi) is 4.35. The minimum Gasteiger partial charge on any atom is -0.393 e. The molecule has 1 rings (SSSR count). The normalized spacial score (nSPS) is 28.3. The van der Waals surface area contributed by atoms with Gasteiger partial charge in [0, 0.05) is 13.7 Å². The molecule has 0 amide bonds. The molecule has 14 heavy (non-hydrogen) atoms. The van der Waals surface area contributed by atoms with Gasteiger partial charge in [-0.05, 0) is 39.5 Å². The van der Waals surface area contributed by atoms with Gasteiger partial charge >= 0.3 is 0 Å². The largest absolute Gasteiger partial charge is 0.393 e. The van der Waals surface area contributed by atoms with E-state index in [0.29, 0.717) is 0 Å². The van der Waals surface area contributed by atoms with Crippen molar-refractivity contribution in [2.75, 3.05) is 13.7 Å². The maximum absolute atomic E-state index is 9.30. The molecule has 2 unspecified atom stereocenters. The second-order valence-electron chi connectivity index (χ2n) is 4.67. The first-order chi connectivity index (χ1) is 6.53. The molecule has 0 radical (unpaired) electrons. The summed E-state index contributed by atoms with van der Waals surface area (Å²) in [6.07, 6.45) is 3.70. The zero-order valence-electron chi connectivity index (χ0n) is 9.45. The Labute approximate surface area is 86.4 Å². The number of rotatable bonds is 5. The Balaban J connectivity index is 2.10. The lowest BCUT2D eigenvalue weighted by atomic mass is 10.1. The zero-order chi connectivity index (χ0) is 10.6. The van der Waals surface area contributed by atoms with Crippen LogP contribution in [0.2, 0.25) is 0 Å². The maximum atomic E-state index is 9.30. The van der Waals surface area contributed by atoms with Crippen molar-refractivity contribution in [2.45, 2.75) is 57.3 Å². The van der Waals surface area contributed by atoms with Gasteiger partial charge in [-0.25, -0.2) is 0 Å². The molecule has 3 heteroatoms. The summed E-state index contributed by atoms with van der Waals surface area (Å²) in [5.74, 6) is 0. The first-order valence-corrected chi connectivity index (χ1v) is 5.38. The smallest absolute Gasteiger partial charge is 0.0644 e. The van der Waals surface area contributed by atoms with Crippen LogP contribution in [-0.2, 0) is 9.47 Å². The second-order valence-corrected chi connectivity index (χ2v) is 4.67. The van der Waals surface area contributed by atoms with Crippen LogP contribution in [0.5, 0.6) is 0 Å². The van der Waals surface area contributed by atoms with Crippen molar-refractivity contribution in [3.05, 3.63) is 0 Å². The lowest BCUT2D eigenvalue weighted by Gasteiger charge is -2.23. The molecule has 0 aromatic rings. The quantitative estimate of drug-likeness (QED) is 0.738. The summed E-state index contributed by atoms with van der Waals surface area (Å²) in [5, 5.41) is 9.30. The molecule has 1 saturated carbocycles. The van der Waals surface area contributed by atoms with E-state index in [1.165, 1.54) is 0 Å². The topological polar surface area (TPSA) is 38.7 Å². The molecule has 0 aromatic carbocycles. The van der Waals surface area contributed by atoms with Gasteiger partial charge in [-0.2, -0.15) is 0 Å². The number of aliphatic hydroxyl groups is 1. The van der Waals surface area contributed by atoms with Crippen LogP contribution >= 0.6 is 0 Å². The maximum Gasteiger partial charge on any atom is 0.0644 e. The molecule has 0 aromatic heterocycles. The fraction of sp³-hybridized carbons (Fsp3) is 1.00. The molecule has 1 aliphatic rings. The minimum absolute atomic E-state index is 0.1000. The van der Waals surface area contributed by atoms with Gasteiger partial charge in [0.05, 0.1) is 17.8 Å². The second kappa shape index (κ2) is 5.10. The fourth-order valence-electron chi connectivity index (χ4n) is 1.64. The van der Waals surface area contributed by atoms with E-state index in [1.807, 2.05) is 0 Å². The SMILES string of the molecule is COC(C)(C)CCOC1CCC(O)C1. The molecule has 0 heterocycles. The van der Waals surface area contributed by atoms with Gasteiger partial charge in [0.25, 0.3) is 0 Å². The number of ether oxygens (including phenoxy) is 2. The van der Waals surface area contributed by atoms with E-state index in [1.54, 1.807) is 7.11 Å². The van der Waals surface area contributed by atoms with Gasteiger partial charge in [0.2, 0.25) is 0 Å². The number of methoxy groups -OCH3 is 1. The van der Waals surface area contributed by atoms with Gasteiger partial charge in [-0.3, -0.25) is 0 Å². The van der Waals surface area contributed by atoms with E-state index in [2.05, 4.69) is 13.8 Å². The molecule has 0 spiro atoms. The van der Waals surface area contributed by atoms with Crippen LogP contribution in [0.15, 0.2) is 0 Å². The third-order valence-corrected chi connectivity index (χ3v) is 2.97. The molecule has 1 aliphatic carbocycles. The first kappa shape index (κ1) is 12.0. The predicted octanol–water partition coefficient (Wildman–Crippen LogP) is 1.73. The summed E-state index contributed by atoms with van der Waals surface area (Å²) in [5.41, 5.74) is -0.1000. The van der Waals surface area contributed by atoms with E-state index in [4.69, 9.17) is 9.47 Å². The minimum atomic E-state index is -0.143. The fourth-order valence-corrected chi connectivity index (χ4v) is 1.64. The van der Waals surface area contributed by atoms with Crippen molar-refractivity contribution in [1.29, 1.82) is 0 Å². The Bertz CT molecular complexity index is 168. The molecular formula is C11H22O3. The molecule has 0 saturated heterocycles.